The Labute approximate surface area is 83.7 Å². The second kappa shape index (κ2) is 4.97. The minimum absolute atomic E-state index is 0.569. The summed E-state index contributed by atoms with van der Waals surface area (Å²) in [6, 6.07) is 1.88. The lowest BCUT2D eigenvalue weighted by molar-refractivity contribution is 1.04. The van der Waals surface area contributed by atoms with Crippen molar-refractivity contribution < 1.29 is 0 Å². The highest BCUT2D eigenvalue weighted by atomic mass is 35.5. The molecule has 0 radical (unpaired) electrons. The average Bonchev–Trinajstić information content (AvgIpc) is 2.14. The van der Waals surface area contributed by atoms with Gasteiger partial charge < -0.3 is 0 Å². The van der Waals surface area contributed by atoms with E-state index < -0.39 is 0 Å². The highest BCUT2D eigenvalue weighted by Gasteiger charge is 1.94. The van der Waals surface area contributed by atoms with Crippen molar-refractivity contribution in [3.63, 3.8) is 0 Å². The molecule has 0 atom stereocenters. The maximum atomic E-state index is 5.75. The molecule has 0 aliphatic rings. The van der Waals surface area contributed by atoms with E-state index in [1.165, 1.54) is 5.57 Å². The van der Waals surface area contributed by atoms with Gasteiger partial charge in [-0.05, 0) is 25.5 Å². The Kier molecular flexibility index (Phi) is 3.90. The minimum Gasteiger partial charge on any atom is -0.242 e. The van der Waals surface area contributed by atoms with E-state index in [0.717, 1.165) is 17.9 Å². The number of allylic oxidation sites excluding steroid dienone is 1. The molecule has 3 heteroatoms. The van der Waals surface area contributed by atoms with E-state index in [2.05, 4.69) is 16.9 Å². The first-order chi connectivity index (χ1) is 6.26. The first-order valence-corrected chi connectivity index (χ1v) is 4.84. The molecule has 1 rings (SSSR count). The van der Waals surface area contributed by atoms with Crippen molar-refractivity contribution in [1.82, 2.24) is 9.97 Å². The number of alkyl halides is 1. The van der Waals surface area contributed by atoms with Gasteiger partial charge in [0.1, 0.15) is 5.82 Å². The Balaban J connectivity index is 2.89. The molecule has 0 bridgehead atoms. The molecule has 0 aliphatic heterocycles. The highest BCUT2D eigenvalue weighted by molar-refractivity contribution is 6.19. The number of hydrogen-bond donors (Lipinski definition) is 0. The van der Waals surface area contributed by atoms with Crippen LogP contribution in [-0.2, 0) is 0 Å². The predicted octanol–water partition coefficient (Wildman–Crippen LogP) is 2.82. The van der Waals surface area contributed by atoms with Crippen molar-refractivity contribution in [2.75, 3.05) is 5.88 Å². The van der Waals surface area contributed by atoms with Gasteiger partial charge in [-0.15, -0.1) is 11.6 Å². The summed E-state index contributed by atoms with van der Waals surface area (Å²) in [6.45, 7) is 3.96. The van der Waals surface area contributed by atoms with Crippen LogP contribution in [0.2, 0.25) is 0 Å². The third-order valence-electron chi connectivity index (χ3n) is 1.78. The lowest BCUT2D eigenvalue weighted by Crippen LogP contribution is -1.90. The van der Waals surface area contributed by atoms with Gasteiger partial charge in [0.15, 0.2) is 0 Å². The molecule has 0 saturated carbocycles. The zero-order chi connectivity index (χ0) is 9.68. The van der Waals surface area contributed by atoms with Gasteiger partial charge in [-0.25, -0.2) is 9.97 Å². The van der Waals surface area contributed by atoms with E-state index in [-0.39, 0.29) is 0 Å². The van der Waals surface area contributed by atoms with E-state index in [4.69, 9.17) is 11.6 Å². The van der Waals surface area contributed by atoms with E-state index in [9.17, 15) is 0 Å². The maximum absolute atomic E-state index is 5.75. The van der Waals surface area contributed by atoms with Gasteiger partial charge in [-0.1, -0.05) is 12.5 Å². The Morgan fingerprint density at radius 1 is 1.62 bits per heavy atom. The SMILES string of the molecule is CC/C(=C/c1ccnc(C)n1)CCl. The Bertz CT molecular complexity index is 302. The predicted molar refractivity (Wildman–Crippen MR) is 55.8 cm³/mol. The van der Waals surface area contributed by atoms with Gasteiger partial charge in [0.2, 0.25) is 0 Å². The van der Waals surface area contributed by atoms with Gasteiger partial charge in [0.25, 0.3) is 0 Å². The molecule has 0 N–H and O–H groups in total. The molecule has 0 aromatic carbocycles. The normalized spacial score (nSPS) is 11.8. The van der Waals surface area contributed by atoms with Crippen LogP contribution in [-0.4, -0.2) is 15.8 Å². The Morgan fingerprint density at radius 2 is 2.38 bits per heavy atom. The van der Waals surface area contributed by atoms with Crippen molar-refractivity contribution >= 4 is 17.7 Å². The number of nitrogens with zero attached hydrogens (tertiary/aromatic N) is 2. The highest BCUT2D eigenvalue weighted by Crippen LogP contribution is 2.08. The van der Waals surface area contributed by atoms with Crippen LogP contribution in [0.4, 0.5) is 0 Å². The first-order valence-electron chi connectivity index (χ1n) is 4.31. The largest absolute Gasteiger partial charge is 0.242 e. The summed E-state index contributed by atoms with van der Waals surface area (Å²) in [7, 11) is 0. The van der Waals surface area contributed by atoms with Crippen LogP contribution in [0.15, 0.2) is 17.8 Å². The van der Waals surface area contributed by atoms with Gasteiger partial charge in [0, 0.05) is 12.1 Å². The second-order valence-electron chi connectivity index (χ2n) is 2.82. The van der Waals surface area contributed by atoms with E-state index >= 15 is 0 Å². The second-order valence-corrected chi connectivity index (χ2v) is 3.09. The van der Waals surface area contributed by atoms with Crippen LogP contribution in [0.1, 0.15) is 24.9 Å². The molecule has 13 heavy (non-hydrogen) atoms. The van der Waals surface area contributed by atoms with Crippen molar-refractivity contribution in [3.05, 3.63) is 29.4 Å². The van der Waals surface area contributed by atoms with Gasteiger partial charge >= 0.3 is 0 Å². The average molecular weight is 197 g/mol. The van der Waals surface area contributed by atoms with Gasteiger partial charge in [-0.2, -0.15) is 0 Å². The molecule has 0 fully saturated rings. The fraction of sp³-hybridized carbons (Fsp3) is 0.400. The molecular weight excluding hydrogens is 184 g/mol. The Morgan fingerprint density at radius 3 is 2.92 bits per heavy atom. The van der Waals surface area contributed by atoms with Crippen LogP contribution in [0.25, 0.3) is 6.08 Å². The number of aromatic nitrogens is 2. The van der Waals surface area contributed by atoms with Crippen LogP contribution in [0.3, 0.4) is 0 Å². The van der Waals surface area contributed by atoms with Gasteiger partial charge in [0.05, 0.1) is 5.69 Å². The molecule has 1 heterocycles. The van der Waals surface area contributed by atoms with E-state index in [0.29, 0.717) is 5.88 Å². The fourth-order valence-electron chi connectivity index (χ4n) is 0.999. The molecule has 70 valence electrons. The van der Waals surface area contributed by atoms with Crippen LogP contribution in [0.5, 0.6) is 0 Å². The van der Waals surface area contributed by atoms with Crippen molar-refractivity contribution in [3.8, 4) is 0 Å². The van der Waals surface area contributed by atoms with Gasteiger partial charge in [-0.3, -0.25) is 0 Å². The summed E-state index contributed by atoms with van der Waals surface area (Å²) in [4.78, 5) is 8.29. The number of aryl methyl sites for hydroxylation is 1. The summed E-state index contributed by atoms with van der Waals surface area (Å²) >= 11 is 5.75. The number of hydrogen-bond acceptors (Lipinski definition) is 2. The number of rotatable bonds is 3. The zero-order valence-corrected chi connectivity index (χ0v) is 8.67. The molecule has 0 saturated heterocycles. The molecule has 0 aliphatic carbocycles. The topological polar surface area (TPSA) is 25.8 Å². The summed E-state index contributed by atoms with van der Waals surface area (Å²) in [5, 5.41) is 0. The summed E-state index contributed by atoms with van der Waals surface area (Å²) < 4.78 is 0. The van der Waals surface area contributed by atoms with Crippen molar-refractivity contribution in [2.45, 2.75) is 20.3 Å². The Hall–Kier alpha value is -0.890. The summed E-state index contributed by atoms with van der Waals surface area (Å²) in [5.74, 6) is 1.36. The zero-order valence-electron chi connectivity index (χ0n) is 7.92. The molecule has 1 aromatic heterocycles. The quantitative estimate of drug-likeness (QED) is 0.695. The first kappa shape index (κ1) is 10.2. The molecule has 0 unspecified atom stereocenters. The molecule has 0 amide bonds. The third kappa shape index (κ3) is 3.15. The molecule has 2 nitrogen and oxygen atoms in total. The lowest BCUT2D eigenvalue weighted by atomic mass is 10.2. The van der Waals surface area contributed by atoms with Crippen LogP contribution < -0.4 is 0 Å². The molecule has 0 spiro atoms. The minimum atomic E-state index is 0.569. The van der Waals surface area contributed by atoms with Crippen LogP contribution in [0, 0.1) is 6.92 Å². The smallest absolute Gasteiger partial charge is 0.125 e. The fourth-order valence-corrected chi connectivity index (χ4v) is 1.27. The lowest BCUT2D eigenvalue weighted by Gasteiger charge is -1.99. The summed E-state index contributed by atoms with van der Waals surface area (Å²) in [6.07, 6.45) is 4.74. The van der Waals surface area contributed by atoms with Crippen LogP contribution >= 0.6 is 11.6 Å². The van der Waals surface area contributed by atoms with Crippen molar-refractivity contribution in [2.24, 2.45) is 0 Å². The molecule has 1 aromatic rings. The molecular formula is C10H13ClN2. The monoisotopic (exact) mass is 196 g/mol. The standard InChI is InChI=1S/C10H13ClN2/c1-3-9(7-11)6-10-4-5-12-8(2)13-10/h4-6H,3,7H2,1-2H3/b9-6-. The number of halogens is 1. The maximum Gasteiger partial charge on any atom is 0.125 e. The van der Waals surface area contributed by atoms with E-state index in [1.54, 1.807) is 6.20 Å². The van der Waals surface area contributed by atoms with Crippen molar-refractivity contribution in [1.29, 1.82) is 0 Å². The third-order valence-corrected chi connectivity index (χ3v) is 2.12. The summed E-state index contributed by atoms with van der Waals surface area (Å²) in [5.41, 5.74) is 2.13. The van der Waals surface area contributed by atoms with E-state index in [1.807, 2.05) is 19.1 Å².